The van der Waals surface area contributed by atoms with Crippen molar-refractivity contribution in [3.8, 4) is 0 Å². The van der Waals surface area contributed by atoms with E-state index in [1.807, 2.05) is 91.0 Å². The van der Waals surface area contributed by atoms with Crippen LogP contribution in [-0.4, -0.2) is 42.0 Å². The smallest absolute Gasteiger partial charge is 0.303 e. The number of halogens is 1. The molecule has 3 aromatic carbocycles. The van der Waals surface area contributed by atoms with Gasteiger partial charge in [0, 0.05) is 6.92 Å². The van der Waals surface area contributed by atoms with Crippen LogP contribution in [0.15, 0.2) is 91.0 Å². The molecule has 0 bridgehead atoms. The van der Waals surface area contributed by atoms with Gasteiger partial charge in [0.05, 0.1) is 26.4 Å². The van der Waals surface area contributed by atoms with Crippen LogP contribution in [0.3, 0.4) is 0 Å². The van der Waals surface area contributed by atoms with E-state index in [2.05, 4.69) is 15.9 Å². The fraction of sp³-hybridized carbons (Fsp3) is 0.345. The molecular formula is C29H31BrO6. The van der Waals surface area contributed by atoms with Crippen molar-refractivity contribution in [1.82, 2.24) is 0 Å². The van der Waals surface area contributed by atoms with E-state index in [0.29, 0.717) is 19.8 Å². The van der Waals surface area contributed by atoms with Gasteiger partial charge in [0.15, 0.2) is 11.1 Å². The van der Waals surface area contributed by atoms with Crippen LogP contribution in [-0.2, 0) is 48.3 Å². The molecule has 0 spiro atoms. The minimum atomic E-state index is -0.697. The molecule has 1 aliphatic heterocycles. The Balaban J connectivity index is 1.53. The van der Waals surface area contributed by atoms with Crippen molar-refractivity contribution < 1.29 is 28.5 Å². The number of esters is 1. The topological polar surface area (TPSA) is 63.2 Å². The summed E-state index contributed by atoms with van der Waals surface area (Å²) in [4.78, 5) is 12.0. The van der Waals surface area contributed by atoms with Gasteiger partial charge in [0.1, 0.15) is 18.3 Å². The Morgan fingerprint density at radius 3 is 1.69 bits per heavy atom. The molecule has 190 valence electrons. The number of ether oxygens (including phenoxy) is 5. The fourth-order valence-electron chi connectivity index (χ4n) is 4.11. The molecule has 0 aromatic heterocycles. The quantitative estimate of drug-likeness (QED) is 0.233. The summed E-state index contributed by atoms with van der Waals surface area (Å²) in [6.45, 7) is 2.81. The molecule has 1 heterocycles. The van der Waals surface area contributed by atoms with E-state index in [-0.39, 0.29) is 6.61 Å². The lowest BCUT2D eigenvalue weighted by molar-refractivity contribution is -0.247. The van der Waals surface area contributed by atoms with Crippen LogP contribution in [0.4, 0.5) is 0 Å². The molecule has 3 aromatic rings. The third-order valence-corrected chi connectivity index (χ3v) is 6.58. The van der Waals surface area contributed by atoms with Crippen molar-refractivity contribution in [3.05, 3.63) is 108 Å². The van der Waals surface area contributed by atoms with Crippen LogP contribution in [0.1, 0.15) is 23.6 Å². The second-order valence-corrected chi connectivity index (χ2v) is 9.53. The summed E-state index contributed by atoms with van der Waals surface area (Å²) in [5.74, 6) is -0.415. The van der Waals surface area contributed by atoms with Crippen LogP contribution >= 0.6 is 15.9 Å². The van der Waals surface area contributed by atoms with Crippen molar-refractivity contribution in [2.24, 2.45) is 0 Å². The highest BCUT2D eigenvalue weighted by Gasteiger charge is 2.48. The summed E-state index contributed by atoms with van der Waals surface area (Å²) in [5.41, 5.74) is 3.10. The van der Waals surface area contributed by atoms with E-state index in [1.165, 1.54) is 6.92 Å². The average molecular weight is 555 g/mol. The van der Waals surface area contributed by atoms with Crippen LogP contribution in [0.2, 0.25) is 0 Å². The number of hydrogen-bond acceptors (Lipinski definition) is 6. The molecule has 0 amide bonds. The Labute approximate surface area is 220 Å². The highest BCUT2D eigenvalue weighted by atomic mass is 79.9. The van der Waals surface area contributed by atoms with E-state index in [0.717, 1.165) is 16.7 Å². The minimum absolute atomic E-state index is 0.286. The van der Waals surface area contributed by atoms with Gasteiger partial charge in [0.25, 0.3) is 0 Å². The number of benzene rings is 3. The van der Waals surface area contributed by atoms with Crippen LogP contribution in [0.5, 0.6) is 0 Å². The SMILES string of the molecule is CC(=O)OC1C(Br)OC(COCc2ccccc2)C(OCc2ccccc2)C1OCc1ccccc1. The summed E-state index contributed by atoms with van der Waals surface area (Å²) in [6.07, 6.45) is -2.27. The van der Waals surface area contributed by atoms with Gasteiger partial charge in [-0.05, 0) is 16.7 Å². The van der Waals surface area contributed by atoms with E-state index in [9.17, 15) is 4.79 Å². The first kappa shape index (κ1) is 26.5. The first-order chi connectivity index (χ1) is 17.6. The second-order valence-electron chi connectivity index (χ2n) is 8.62. The van der Waals surface area contributed by atoms with Gasteiger partial charge in [-0.1, -0.05) is 107 Å². The highest BCUT2D eigenvalue weighted by Crippen LogP contribution is 2.32. The molecule has 0 aliphatic carbocycles. The summed E-state index contributed by atoms with van der Waals surface area (Å²) in [7, 11) is 0. The standard InChI is InChI=1S/C29H31BrO6/c1-21(31)35-28-27(34-19-24-15-9-4-10-16-24)26(33-18-23-13-7-3-8-14-23)25(36-29(28)30)20-32-17-22-11-5-2-6-12-22/h2-16,25-29H,17-20H2,1H3. The summed E-state index contributed by atoms with van der Waals surface area (Å²) in [5, 5.41) is -0.580. The van der Waals surface area contributed by atoms with Gasteiger partial charge < -0.3 is 23.7 Å². The molecule has 7 heteroatoms. The molecule has 1 fully saturated rings. The van der Waals surface area contributed by atoms with Gasteiger partial charge in [0.2, 0.25) is 0 Å². The number of alkyl halides is 1. The van der Waals surface area contributed by atoms with Gasteiger partial charge >= 0.3 is 5.97 Å². The van der Waals surface area contributed by atoms with Gasteiger partial charge in [-0.3, -0.25) is 4.79 Å². The van der Waals surface area contributed by atoms with E-state index in [4.69, 9.17) is 23.7 Å². The molecule has 1 saturated heterocycles. The first-order valence-electron chi connectivity index (χ1n) is 12.0. The monoisotopic (exact) mass is 554 g/mol. The zero-order valence-electron chi connectivity index (χ0n) is 20.2. The van der Waals surface area contributed by atoms with Gasteiger partial charge in [-0.15, -0.1) is 0 Å². The van der Waals surface area contributed by atoms with Crippen LogP contribution < -0.4 is 0 Å². The molecule has 1 aliphatic rings. The Morgan fingerprint density at radius 2 is 1.19 bits per heavy atom. The molecule has 5 atom stereocenters. The lowest BCUT2D eigenvalue weighted by Gasteiger charge is -2.44. The Morgan fingerprint density at radius 1 is 0.722 bits per heavy atom. The third kappa shape index (κ3) is 7.72. The van der Waals surface area contributed by atoms with Crippen molar-refractivity contribution in [2.45, 2.75) is 56.2 Å². The maximum Gasteiger partial charge on any atom is 0.303 e. The fourth-order valence-corrected chi connectivity index (χ4v) is 4.79. The number of carbonyl (C=O) groups excluding carboxylic acids is 1. The minimum Gasteiger partial charge on any atom is -0.456 e. The third-order valence-electron chi connectivity index (χ3n) is 5.84. The van der Waals surface area contributed by atoms with Crippen molar-refractivity contribution in [2.75, 3.05) is 6.61 Å². The predicted molar refractivity (Wildman–Crippen MR) is 139 cm³/mol. The first-order valence-corrected chi connectivity index (χ1v) is 12.9. The predicted octanol–water partition coefficient (Wildman–Crippen LogP) is 5.43. The molecule has 36 heavy (non-hydrogen) atoms. The number of rotatable bonds is 11. The summed E-state index contributed by atoms with van der Waals surface area (Å²) in [6, 6.07) is 29.7. The number of hydrogen-bond donors (Lipinski definition) is 0. The largest absolute Gasteiger partial charge is 0.456 e. The Hall–Kier alpha value is -2.55. The van der Waals surface area contributed by atoms with E-state index >= 15 is 0 Å². The lowest BCUT2D eigenvalue weighted by Crippen LogP contribution is -2.60. The lowest BCUT2D eigenvalue weighted by atomic mass is 9.99. The molecular weight excluding hydrogens is 524 g/mol. The van der Waals surface area contributed by atoms with Gasteiger partial charge in [-0.25, -0.2) is 0 Å². The van der Waals surface area contributed by atoms with Crippen LogP contribution in [0, 0.1) is 0 Å². The maximum atomic E-state index is 12.0. The Bertz CT molecular complexity index is 1050. The van der Waals surface area contributed by atoms with E-state index in [1.54, 1.807) is 0 Å². The molecule has 0 N–H and O–H groups in total. The normalized spacial score (nSPS) is 23.8. The maximum absolute atomic E-state index is 12.0. The van der Waals surface area contributed by atoms with Crippen molar-refractivity contribution >= 4 is 21.9 Å². The second kappa shape index (κ2) is 13.7. The van der Waals surface area contributed by atoms with E-state index < -0.39 is 35.4 Å². The highest BCUT2D eigenvalue weighted by molar-refractivity contribution is 9.09. The molecule has 0 saturated carbocycles. The average Bonchev–Trinajstić information content (AvgIpc) is 2.90. The van der Waals surface area contributed by atoms with Gasteiger partial charge in [-0.2, -0.15) is 0 Å². The molecule has 4 rings (SSSR count). The molecule has 5 unspecified atom stereocenters. The van der Waals surface area contributed by atoms with Crippen molar-refractivity contribution in [3.63, 3.8) is 0 Å². The zero-order valence-corrected chi connectivity index (χ0v) is 21.8. The molecule has 0 radical (unpaired) electrons. The van der Waals surface area contributed by atoms with Crippen LogP contribution in [0.25, 0.3) is 0 Å². The Kier molecular flexibility index (Phi) is 10.1. The summed E-state index contributed by atoms with van der Waals surface area (Å²) < 4.78 is 30.7. The zero-order chi connectivity index (χ0) is 25.2. The summed E-state index contributed by atoms with van der Waals surface area (Å²) >= 11 is 3.56. The number of carbonyl (C=O) groups is 1. The molecule has 6 nitrogen and oxygen atoms in total. The van der Waals surface area contributed by atoms with Crippen molar-refractivity contribution in [1.29, 1.82) is 0 Å².